The normalized spacial score (nSPS) is 12.9. The predicted octanol–water partition coefficient (Wildman–Crippen LogP) is 4.39. The molecule has 0 unspecified atom stereocenters. The first-order chi connectivity index (χ1) is 10.3. The fourth-order valence-corrected chi connectivity index (χ4v) is 3.10. The molecule has 1 aliphatic carbocycles. The van der Waals surface area contributed by atoms with E-state index in [1.807, 2.05) is 61.5 Å². The van der Waals surface area contributed by atoms with E-state index in [-0.39, 0.29) is 5.78 Å². The Morgan fingerprint density at radius 3 is 2.48 bits per heavy atom. The molecule has 0 radical (unpaired) electrons. The minimum absolute atomic E-state index is 0.0790. The number of carbonyl (C=O) groups is 1. The highest BCUT2D eigenvalue weighted by Gasteiger charge is 2.30. The van der Waals surface area contributed by atoms with Gasteiger partial charge in [-0.15, -0.1) is 0 Å². The van der Waals surface area contributed by atoms with Crippen LogP contribution in [0.2, 0.25) is 0 Å². The molecule has 0 aliphatic heterocycles. The average molecular weight is 274 g/mol. The van der Waals surface area contributed by atoms with E-state index in [4.69, 9.17) is 4.42 Å². The average Bonchev–Trinajstić information content (AvgIpc) is 2.86. The summed E-state index contributed by atoms with van der Waals surface area (Å²) >= 11 is 0. The SMILES string of the molecule is Cc1oc(-c2ccccc2)c2c1C(=O)c1ccccc1C2. The lowest BCUT2D eigenvalue weighted by Gasteiger charge is -2.15. The lowest BCUT2D eigenvalue weighted by atomic mass is 9.84. The van der Waals surface area contributed by atoms with E-state index >= 15 is 0 Å². The first kappa shape index (κ1) is 12.2. The van der Waals surface area contributed by atoms with Crippen LogP contribution in [0.25, 0.3) is 11.3 Å². The summed E-state index contributed by atoms with van der Waals surface area (Å²) < 4.78 is 5.93. The Labute approximate surface area is 123 Å². The second kappa shape index (κ2) is 4.45. The van der Waals surface area contributed by atoms with Crippen molar-refractivity contribution in [2.45, 2.75) is 13.3 Å². The molecule has 21 heavy (non-hydrogen) atoms. The minimum Gasteiger partial charge on any atom is -0.460 e. The van der Waals surface area contributed by atoms with Crippen molar-refractivity contribution in [1.82, 2.24) is 0 Å². The minimum atomic E-state index is 0.0790. The zero-order chi connectivity index (χ0) is 14.4. The third kappa shape index (κ3) is 1.76. The molecule has 0 saturated carbocycles. The Balaban J connectivity index is 1.95. The molecule has 0 spiro atoms. The number of furan rings is 1. The van der Waals surface area contributed by atoms with Gasteiger partial charge >= 0.3 is 0 Å². The maximum Gasteiger partial charge on any atom is 0.197 e. The van der Waals surface area contributed by atoms with Crippen LogP contribution >= 0.6 is 0 Å². The van der Waals surface area contributed by atoms with Crippen LogP contribution in [0.1, 0.15) is 32.8 Å². The fourth-order valence-electron chi connectivity index (χ4n) is 3.10. The molecular weight excluding hydrogens is 260 g/mol. The molecule has 0 fully saturated rings. The van der Waals surface area contributed by atoms with Gasteiger partial charge in [-0.05, 0) is 12.5 Å². The van der Waals surface area contributed by atoms with Crippen LogP contribution in [0.3, 0.4) is 0 Å². The first-order valence-corrected chi connectivity index (χ1v) is 7.06. The molecule has 0 N–H and O–H groups in total. The van der Waals surface area contributed by atoms with E-state index < -0.39 is 0 Å². The third-order valence-corrected chi connectivity index (χ3v) is 4.08. The highest BCUT2D eigenvalue weighted by Crippen LogP contribution is 2.38. The van der Waals surface area contributed by atoms with Crippen LogP contribution in [0, 0.1) is 6.92 Å². The Hall–Kier alpha value is -2.61. The molecule has 1 aromatic heterocycles. The summed E-state index contributed by atoms with van der Waals surface area (Å²) in [5.41, 5.74) is 4.66. The maximum atomic E-state index is 12.7. The molecule has 102 valence electrons. The standard InChI is InChI=1S/C19H14O2/c1-12-17-16(19(21-12)13-7-3-2-4-8-13)11-14-9-5-6-10-15(14)18(17)20/h2-10H,11H2,1H3. The zero-order valence-corrected chi connectivity index (χ0v) is 11.7. The largest absolute Gasteiger partial charge is 0.460 e. The highest BCUT2D eigenvalue weighted by molar-refractivity contribution is 6.13. The quantitative estimate of drug-likeness (QED) is 0.515. The molecule has 2 heteroatoms. The van der Waals surface area contributed by atoms with E-state index in [0.29, 0.717) is 5.76 Å². The summed E-state index contributed by atoms with van der Waals surface area (Å²) in [5.74, 6) is 1.62. The van der Waals surface area contributed by atoms with Crippen LogP contribution in [-0.2, 0) is 6.42 Å². The van der Waals surface area contributed by atoms with E-state index in [1.54, 1.807) is 0 Å². The van der Waals surface area contributed by atoms with Crippen molar-refractivity contribution in [2.75, 3.05) is 0 Å². The molecular formula is C19H14O2. The number of carbonyl (C=O) groups excluding carboxylic acids is 1. The van der Waals surface area contributed by atoms with Crippen molar-refractivity contribution >= 4 is 5.78 Å². The van der Waals surface area contributed by atoms with E-state index in [1.165, 1.54) is 0 Å². The highest BCUT2D eigenvalue weighted by atomic mass is 16.3. The number of fused-ring (bicyclic) bond motifs is 2. The molecule has 4 rings (SSSR count). The van der Waals surface area contributed by atoms with Crippen molar-refractivity contribution in [2.24, 2.45) is 0 Å². The van der Waals surface area contributed by atoms with Crippen LogP contribution in [-0.4, -0.2) is 5.78 Å². The second-order valence-corrected chi connectivity index (χ2v) is 5.37. The van der Waals surface area contributed by atoms with Gasteiger partial charge < -0.3 is 4.42 Å². The first-order valence-electron chi connectivity index (χ1n) is 7.06. The van der Waals surface area contributed by atoms with Crippen LogP contribution in [0.15, 0.2) is 59.0 Å². The predicted molar refractivity (Wildman–Crippen MR) is 81.6 cm³/mol. The molecule has 2 aromatic carbocycles. The van der Waals surface area contributed by atoms with Gasteiger partial charge in [0.25, 0.3) is 0 Å². The zero-order valence-electron chi connectivity index (χ0n) is 11.7. The monoisotopic (exact) mass is 274 g/mol. The number of benzene rings is 2. The van der Waals surface area contributed by atoms with E-state index in [0.717, 1.165) is 40.0 Å². The van der Waals surface area contributed by atoms with Gasteiger partial charge in [-0.25, -0.2) is 0 Å². The lowest BCUT2D eigenvalue weighted by Crippen LogP contribution is -2.14. The smallest absolute Gasteiger partial charge is 0.197 e. The number of aryl methyl sites for hydroxylation is 1. The van der Waals surface area contributed by atoms with Crippen LogP contribution in [0.4, 0.5) is 0 Å². The van der Waals surface area contributed by atoms with Gasteiger partial charge in [0.1, 0.15) is 11.5 Å². The van der Waals surface area contributed by atoms with Crippen LogP contribution in [0.5, 0.6) is 0 Å². The van der Waals surface area contributed by atoms with Crippen molar-refractivity contribution < 1.29 is 9.21 Å². The fraction of sp³-hybridized carbons (Fsp3) is 0.105. The number of hydrogen-bond donors (Lipinski definition) is 0. The Bertz CT molecular complexity index is 841. The van der Waals surface area contributed by atoms with Crippen molar-refractivity contribution in [3.63, 3.8) is 0 Å². The van der Waals surface area contributed by atoms with Gasteiger partial charge in [-0.3, -0.25) is 4.79 Å². The Morgan fingerprint density at radius 1 is 0.952 bits per heavy atom. The van der Waals surface area contributed by atoms with E-state index in [9.17, 15) is 4.79 Å². The lowest BCUT2D eigenvalue weighted by molar-refractivity contribution is 0.103. The molecule has 2 nitrogen and oxygen atoms in total. The van der Waals surface area contributed by atoms with Crippen molar-refractivity contribution in [3.8, 4) is 11.3 Å². The molecule has 1 heterocycles. The van der Waals surface area contributed by atoms with Gasteiger partial charge in [0.05, 0.1) is 5.56 Å². The van der Waals surface area contributed by atoms with Gasteiger partial charge in [0.2, 0.25) is 0 Å². The topological polar surface area (TPSA) is 30.2 Å². The molecule has 0 bridgehead atoms. The number of ketones is 1. The van der Waals surface area contributed by atoms with Crippen molar-refractivity contribution in [3.05, 3.63) is 82.6 Å². The van der Waals surface area contributed by atoms with Gasteiger partial charge in [-0.2, -0.15) is 0 Å². The Morgan fingerprint density at radius 2 is 1.67 bits per heavy atom. The molecule has 1 aliphatic rings. The Kier molecular flexibility index (Phi) is 2.58. The molecule has 0 amide bonds. The van der Waals surface area contributed by atoms with Gasteiger partial charge in [-0.1, -0.05) is 54.6 Å². The number of hydrogen-bond acceptors (Lipinski definition) is 2. The summed E-state index contributed by atoms with van der Waals surface area (Å²) in [4.78, 5) is 12.7. The molecule has 0 atom stereocenters. The summed E-state index contributed by atoms with van der Waals surface area (Å²) in [6.45, 7) is 1.87. The number of rotatable bonds is 1. The molecule has 0 saturated heterocycles. The third-order valence-electron chi connectivity index (χ3n) is 4.08. The van der Waals surface area contributed by atoms with Gasteiger partial charge in [0, 0.05) is 23.1 Å². The second-order valence-electron chi connectivity index (χ2n) is 5.37. The van der Waals surface area contributed by atoms with Crippen LogP contribution < -0.4 is 0 Å². The van der Waals surface area contributed by atoms with E-state index in [2.05, 4.69) is 0 Å². The summed E-state index contributed by atoms with van der Waals surface area (Å²) in [6.07, 6.45) is 0.749. The summed E-state index contributed by atoms with van der Waals surface area (Å²) in [6, 6.07) is 17.8. The van der Waals surface area contributed by atoms with Crippen molar-refractivity contribution in [1.29, 1.82) is 0 Å². The summed E-state index contributed by atoms with van der Waals surface area (Å²) in [5, 5.41) is 0. The summed E-state index contributed by atoms with van der Waals surface area (Å²) in [7, 11) is 0. The molecule has 3 aromatic rings. The maximum absolute atomic E-state index is 12.7. The van der Waals surface area contributed by atoms with Gasteiger partial charge in [0.15, 0.2) is 5.78 Å².